The van der Waals surface area contributed by atoms with Crippen molar-refractivity contribution in [1.82, 2.24) is 0 Å². The molecule has 354 valence electrons. The zero-order chi connectivity index (χ0) is 45.1. The Balaban J connectivity index is 4.54. The average Bonchev–Trinajstić information content (AvgIpc) is 3.27. The van der Waals surface area contributed by atoms with Gasteiger partial charge < -0.3 is 14.2 Å². The van der Waals surface area contributed by atoms with Gasteiger partial charge in [0.1, 0.15) is 13.2 Å². The molecule has 0 saturated heterocycles. The van der Waals surface area contributed by atoms with E-state index in [1.807, 2.05) is 18.2 Å². The Bertz CT molecular complexity index is 1220. The van der Waals surface area contributed by atoms with Gasteiger partial charge in [-0.1, -0.05) is 228 Å². The van der Waals surface area contributed by atoms with Gasteiger partial charge in [0.2, 0.25) is 0 Å². The maximum atomic E-state index is 12.8. The van der Waals surface area contributed by atoms with Gasteiger partial charge in [-0.2, -0.15) is 0 Å². The molecule has 0 rings (SSSR count). The van der Waals surface area contributed by atoms with Crippen LogP contribution in [0.2, 0.25) is 0 Å². The molecular formula is C56H94O6. The number of rotatable bonds is 45. The van der Waals surface area contributed by atoms with E-state index < -0.39 is 6.10 Å². The van der Waals surface area contributed by atoms with Crippen LogP contribution in [-0.2, 0) is 28.6 Å². The Morgan fingerprint density at radius 2 is 0.661 bits per heavy atom. The van der Waals surface area contributed by atoms with Gasteiger partial charge in [-0.3, -0.25) is 14.4 Å². The second-order valence-electron chi connectivity index (χ2n) is 16.7. The molecule has 0 radical (unpaired) electrons. The van der Waals surface area contributed by atoms with Gasteiger partial charge in [0, 0.05) is 19.3 Å². The number of hydrogen-bond acceptors (Lipinski definition) is 6. The molecule has 6 heteroatoms. The first-order chi connectivity index (χ1) is 30.5. The zero-order valence-electron chi connectivity index (χ0n) is 40.4. The molecule has 0 aromatic rings. The first-order valence-electron chi connectivity index (χ1n) is 25.6. The molecule has 0 bridgehead atoms. The third-order valence-corrected chi connectivity index (χ3v) is 10.7. The van der Waals surface area contributed by atoms with Gasteiger partial charge in [-0.15, -0.1) is 0 Å². The molecule has 62 heavy (non-hydrogen) atoms. The fraction of sp³-hybridized carbons (Fsp3) is 0.696. The zero-order valence-corrected chi connectivity index (χ0v) is 40.4. The van der Waals surface area contributed by atoms with Crippen LogP contribution in [0.1, 0.15) is 233 Å². The highest BCUT2D eigenvalue weighted by atomic mass is 16.6. The summed E-state index contributed by atoms with van der Waals surface area (Å²) in [5.41, 5.74) is 0. The van der Waals surface area contributed by atoms with Crippen molar-refractivity contribution in [2.75, 3.05) is 13.2 Å². The molecule has 6 nitrogen and oxygen atoms in total. The number of ether oxygens (including phenoxy) is 3. The first kappa shape index (κ1) is 58.6. The molecule has 1 atom stereocenters. The van der Waals surface area contributed by atoms with Crippen molar-refractivity contribution in [2.45, 2.75) is 239 Å². The van der Waals surface area contributed by atoms with Gasteiger partial charge in [-0.05, 0) is 70.6 Å². The van der Waals surface area contributed by atoms with E-state index in [1.165, 1.54) is 116 Å². The Morgan fingerprint density at radius 3 is 1.05 bits per heavy atom. The van der Waals surface area contributed by atoms with Crippen LogP contribution in [-0.4, -0.2) is 37.2 Å². The summed E-state index contributed by atoms with van der Waals surface area (Å²) in [4.78, 5) is 37.9. The Morgan fingerprint density at radius 1 is 0.339 bits per heavy atom. The Labute approximate surface area is 382 Å². The van der Waals surface area contributed by atoms with Crippen molar-refractivity contribution in [3.63, 3.8) is 0 Å². The monoisotopic (exact) mass is 863 g/mol. The predicted molar refractivity (Wildman–Crippen MR) is 265 cm³/mol. The summed E-state index contributed by atoms with van der Waals surface area (Å²) in [6.07, 6.45) is 64.5. The van der Waals surface area contributed by atoms with Crippen LogP contribution < -0.4 is 0 Å². The van der Waals surface area contributed by atoms with E-state index >= 15 is 0 Å². The second kappa shape index (κ2) is 50.2. The minimum absolute atomic E-state index is 0.129. The summed E-state index contributed by atoms with van der Waals surface area (Å²) in [6.45, 7) is 6.40. The van der Waals surface area contributed by atoms with E-state index in [4.69, 9.17) is 14.2 Å². The van der Waals surface area contributed by atoms with Crippen LogP contribution in [0.25, 0.3) is 0 Å². The van der Waals surface area contributed by atoms with Crippen molar-refractivity contribution < 1.29 is 28.6 Å². The lowest BCUT2D eigenvalue weighted by Gasteiger charge is -2.18. The summed E-state index contributed by atoms with van der Waals surface area (Å²) in [7, 11) is 0. The minimum Gasteiger partial charge on any atom is -0.462 e. The summed E-state index contributed by atoms with van der Waals surface area (Å²) in [5, 5.41) is 0. The number of unbranched alkanes of at least 4 members (excludes halogenated alkanes) is 20. The van der Waals surface area contributed by atoms with E-state index in [2.05, 4.69) is 87.6 Å². The maximum Gasteiger partial charge on any atom is 0.306 e. The fourth-order valence-corrected chi connectivity index (χ4v) is 6.84. The summed E-state index contributed by atoms with van der Waals surface area (Å²) in [5.74, 6) is -1.07. The quantitative estimate of drug-likeness (QED) is 0.0263. The number of esters is 3. The summed E-state index contributed by atoms with van der Waals surface area (Å²) >= 11 is 0. The third kappa shape index (κ3) is 47.6. The predicted octanol–water partition coefficient (Wildman–Crippen LogP) is 16.8. The molecule has 0 aliphatic heterocycles. The van der Waals surface area contributed by atoms with Crippen LogP contribution in [0, 0.1) is 0 Å². The first-order valence-corrected chi connectivity index (χ1v) is 25.6. The number of carbonyl (C=O) groups is 3. The third-order valence-electron chi connectivity index (χ3n) is 10.7. The normalized spacial score (nSPS) is 12.8. The van der Waals surface area contributed by atoms with Crippen molar-refractivity contribution in [3.05, 3.63) is 85.1 Å². The Kier molecular flexibility index (Phi) is 47.5. The van der Waals surface area contributed by atoms with E-state index in [9.17, 15) is 14.4 Å². The van der Waals surface area contributed by atoms with Gasteiger partial charge in [0.25, 0.3) is 0 Å². The highest BCUT2D eigenvalue weighted by Crippen LogP contribution is 2.15. The van der Waals surface area contributed by atoms with Gasteiger partial charge >= 0.3 is 17.9 Å². The van der Waals surface area contributed by atoms with Crippen LogP contribution >= 0.6 is 0 Å². The minimum atomic E-state index is -0.826. The fourth-order valence-electron chi connectivity index (χ4n) is 6.84. The molecule has 0 aliphatic carbocycles. The van der Waals surface area contributed by atoms with E-state index in [0.717, 1.165) is 64.2 Å². The molecule has 1 unspecified atom stereocenters. The molecule has 0 spiro atoms. The lowest BCUT2D eigenvalue weighted by molar-refractivity contribution is -0.166. The van der Waals surface area contributed by atoms with Crippen molar-refractivity contribution in [2.24, 2.45) is 0 Å². The van der Waals surface area contributed by atoms with Crippen LogP contribution in [0.5, 0.6) is 0 Å². The van der Waals surface area contributed by atoms with Gasteiger partial charge in [-0.25, -0.2) is 0 Å². The molecule has 0 aromatic carbocycles. The molecular weight excluding hydrogens is 769 g/mol. The van der Waals surface area contributed by atoms with E-state index in [-0.39, 0.29) is 44.0 Å². The average molecular weight is 863 g/mol. The SMILES string of the molecule is CC/C=C/C/C=C/C/C=C/C/C=C/C/C=C/CCC(=O)OCC(COC(=O)CC/C=C/C/C=C/CCCCCCCC)OC(=O)CCCCCCCCCCCCCCCCC. The summed E-state index contributed by atoms with van der Waals surface area (Å²) < 4.78 is 16.7. The number of hydrogen-bond donors (Lipinski definition) is 0. The molecule has 0 heterocycles. The van der Waals surface area contributed by atoms with Crippen molar-refractivity contribution >= 4 is 17.9 Å². The number of allylic oxidation sites excluding steroid dienone is 14. The standard InChI is InChI=1S/C56H94O6/c1-4-7-10-13-16-19-22-25-27-29-31-34-37-40-43-46-49-55(58)61-52-53(51-60-54(57)48-45-42-39-36-33-30-24-21-18-15-12-9-6-3)62-56(59)50-47-44-41-38-35-32-28-26-23-20-17-14-11-8-5-2/h7,10,16,19,25,27,30-31,33-34,39-40,42-43,53H,4-6,8-9,11-15,17-18,20-24,26,28-29,32,35-38,41,44-52H2,1-3H3/b10-7+,19-16+,27-25+,33-30+,34-31+,42-39+,43-40+. The molecule has 0 saturated carbocycles. The molecule has 0 fully saturated rings. The summed E-state index contributed by atoms with van der Waals surface area (Å²) in [6, 6.07) is 0. The smallest absolute Gasteiger partial charge is 0.306 e. The molecule has 0 aromatic heterocycles. The highest BCUT2D eigenvalue weighted by molar-refractivity contribution is 5.71. The lowest BCUT2D eigenvalue weighted by atomic mass is 10.0. The molecule has 0 N–H and O–H groups in total. The highest BCUT2D eigenvalue weighted by Gasteiger charge is 2.19. The van der Waals surface area contributed by atoms with Crippen LogP contribution in [0.15, 0.2) is 85.1 Å². The van der Waals surface area contributed by atoms with E-state index in [1.54, 1.807) is 0 Å². The topological polar surface area (TPSA) is 78.9 Å². The van der Waals surface area contributed by atoms with Gasteiger partial charge in [0.05, 0.1) is 0 Å². The lowest BCUT2D eigenvalue weighted by Crippen LogP contribution is -2.30. The van der Waals surface area contributed by atoms with Gasteiger partial charge in [0.15, 0.2) is 6.10 Å². The van der Waals surface area contributed by atoms with Crippen molar-refractivity contribution in [3.8, 4) is 0 Å². The largest absolute Gasteiger partial charge is 0.462 e. The second-order valence-corrected chi connectivity index (χ2v) is 16.7. The van der Waals surface area contributed by atoms with Crippen molar-refractivity contribution in [1.29, 1.82) is 0 Å². The van der Waals surface area contributed by atoms with E-state index in [0.29, 0.717) is 19.3 Å². The Hall–Kier alpha value is -3.41. The van der Waals surface area contributed by atoms with Crippen LogP contribution in [0.3, 0.4) is 0 Å². The number of carbonyl (C=O) groups excluding carboxylic acids is 3. The van der Waals surface area contributed by atoms with Crippen LogP contribution in [0.4, 0.5) is 0 Å². The molecule has 0 aliphatic rings. The maximum absolute atomic E-state index is 12.8. The molecule has 0 amide bonds.